The van der Waals surface area contributed by atoms with Gasteiger partial charge in [-0.1, -0.05) is 31.5 Å². The van der Waals surface area contributed by atoms with E-state index in [1.165, 1.54) is 0 Å². The standard InChI is InChI=1S/C18H25ClN2O3.ClH/c1-17(2)15-12(6-5-9-24-15)18(17,20)16(22)21-10-11-13(19)7-4-8-14(11)23-3;/h4,7-8,12,15H,5-6,9-10,20H2,1-3H3,(H,21,22);1H. The molecule has 7 heteroatoms. The second-order valence-corrected chi connectivity index (χ2v) is 7.64. The quantitative estimate of drug-likeness (QED) is 0.831. The van der Waals surface area contributed by atoms with Gasteiger partial charge in [-0.25, -0.2) is 0 Å². The van der Waals surface area contributed by atoms with Crippen molar-refractivity contribution in [2.75, 3.05) is 13.7 Å². The van der Waals surface area contributed by atoms with Crippen molar-refractivity contribution in [3.8, 4) is 5.75 Å². The smallest absolute Gasteiger partial charge is 0.241 e. The van der Waals surface area contributed by atoms with Crippen LogP contribution in [-0.2, 0) is 16.1 Å². The third-order valence-electron chi connectivity index (χ3n) is 5.78. The molecule has 1 aromatic carbocycles. The fraction of sp³-hybridized carbons (Fsp3) is 0.611. The van der Waals surface area contributed by atoms with Gasteiger partial charge in [-0.3, -0.25) is 4.79 Å². The molecule has 3 rings (SSSR count). The number of benzene rings is 1. The van der Waals surface area contributed by atoms with Gasteiger partial charge in [0.05, 0.1) is 13.2 Å². The molecule has 1 aliphatic carbocycles. The maximum absolute atomic E-state index is 12.9. The first-order valence-corrected chi connectivity index (χ1v) is 8.72. The fourth-order valence-corrected chi connectivity index (χ4v) is 4.49. The highest BCUT2D eigenvalue weighted by Gasteiger charge is 2.70. The average molecular weight is 389 g/mol. The van der Waals surface area contributed by atoms with E-state index >= 15 is 0 Å². The molecule has 0 spiro atoms. The average Bonchev–Trinajstić information content (AvgIpc) is 2.59. The van der Waals surface area contributed by atoms with Crippen molar-refractivity contribution in [1.82, 2.24) is 5.32 Å². The number of amides is 1. The minimum Gasteiger partial charge on any atom is -0.496 e. The van der Waals surface area contributed by atoms with Gasteiger partial charge in [0.2, 0.25) is 5.91 Å². The van der Waals surface area contributed by atoms with Gasteiger partial charge in [0.1, 0.15) is 11.3 Å². The number of fused-ring (bicyclic) bond motifs is 1. The number of methoxy groups -OCH3 is 1. The van der Waals surface area contributed by atoms with E-state index in [2.05, 4.69) is 5.32 Å². The van der Waals surface area contributed by atoms with Crippen molar-refractivity contribution in [2.24, 2.45) is 17.1 Å². The molecule has 0 radical (unpaired) electrons. The molecular formula is C18H26Cl2N2O3. The van der Waals surface area contributed by atoms with E-state index in [0.29, 0.717) is 10.8 Å². The van der Waals surface area contributed by atoms with E-state index in [0.717, 1.165) is 25.0 Å². The monoisotopic (exact) mass is 388 g/mol. The van der Waals surface area contributed by atoms with Crippen LogP contribution in [0.2, 0.25) is 5.02 Å². The van der Waals surface area contributed by atoms with Crippen LogP contribution in [-0.4, -0.2) is 31.3 Å². The Kier molecular flexibility index (Phi) is 5.94. The Hall–Kier alpha value is -1.01. The van der Waals surface area contributed by atoms with Crippen LogP contribution in [0.4, 0.5) is 0 Å². The van der Waals surface area contributed by atoms with E-state index in [-0.39, 0.29) is 36.9 Å². The van der Waals surface area contributed by atoms with E-state index in [1.54, 1.807) is 13.2 Å². The summed E-state index contributed by atoms with van der Waals surface area (Å²) in [7, 11) is 1.58. The Morgan fingerprint density at radius 3 is 2.88 bits per heavy atom. The minimum absolute atomic E-state index is 0. The van der Waals surface area contributed by atoms with Crippen molar-refractivity contribution in [3.05, 3.63) is 28.8 Å². The summed E-state index contributed by atoms with van der Waals surface area (Å²) in [6.07, 6.45) is 1.92. The summed E-state index contributed by atoms with van der Waals surface area (Å²) in [4.78, 5) is 12.9. The van der Waals surface area contributed by atoms with Crippen LogP contribution in [0.25, 0.3) is 0 Å². The van der Waals surface area contributed by atoms with Crippen molar-refractivity contribution < 1.29 is 14.3 Å². The number of halogens is 2. The van der Waals surface area contributed by atoms with Crippen molar-refractivity contribution >= 4 is 29.9 Å². The maximum Gasteiger partial charge on any atom is 0.241 e. The van der Waals surface area contributed by atoms with Gasteiger partial charge in [0, 0.05) is 35.1 Å². The van der Waals surface area contributed by atoms with Gasteiger partial charge < -0.3 is 20.5 Å². The maximum atomic E-state index is 12.9. The zero-order valence-corrected chi connectivity index (χ0v) is 16.4. The Bertz CT molecular complexity index is 653. The summed E-state index contributed by atoms with van der Waals surface area (Å²) in [5, 5.41) is 3.52. The number of hydrogen-bond acceptors (Lipinski definition) is 4. The number of rotatable bonds is 4. The van der Waals surface area contributed by atoms with Gasteiger partial charge in [0.15, 0.2) is 0 Å². The summed E-state index contributed by atoms with van der Waals surface area (Å²) in [6.45, 7) is 5.05. The van der Waals surface area contributed by atoms with Gasteiger partial charge in [-0.2, -0.15) is 0 Å². The second-order valence-electron chi connectivity index (χ2n) is 7.23. The van der Waals surface area contributed by atoms with E-state index in [9.17, 15) is 4.79 Å². The summed E-state index contributed by atoms with van der Waals surface area (Å²) in [5.74, 6) is 0.566. The molecule has 3 N–H and O–H groups in total. The molecule has 1 aromatic rings. The van der Waals surface area contributed by atoms with Crippen LogP contribution < -0.4 is 15.8 Å². The largest absolute Gasteiger partial charge is 0.496 e. The third kappa shape index (κ3) is 3.01. The summed E-state index contributed by atoms with van der Waals surface area (Å²) >= 11 is 6.24. The molecule has 1 amide bonds. The Morgan fingerprint density at radius 2 is 2.20 bits per heavy atom. The molecule has 0 bridgehead atoms. The molecule has 3 atom stereocenters. The summed E-state index contributed by atoms with van der Waals surface area (Å²) in [6, 6.07) is 5.42. The summed E-state index contributed by atoms with van der Waals surface area (Å²) in [5.41, 5.74) is 6.03. The lowest BCUT2D eigenvalue weighted by Gasteiger charge is -2.65. The topological polar surface area (TPSA) is 73.6 Å². The molecule has 1 saturated carbocycles. The molecular weight excluding hydrogens is 363 g/mol. The lowest BCUT2D eigenvalue weighted by Crippen LogP contribution is -2.82. The van der Waals surface area contributed by atoms with Crippen LogP contribution in [0.15, 0.2) is 18.2 Å². The first-order valence-electron chi connectivity index (χ1n) is 8.34. The van der Waals surface area contributed by atoms with Crippen LogP contribution in [0.1, 0.15) is 32.3 Å². The van der Waals surface area contributed by atoms with E-state index < -0.39 is 11.0 Å². The molecule has 5 nitrogen and oxygen atoms in total. The van der Waals surface area contributed by atoms with Crippen molar-refractivity contribution in [3.63, 3.8) is 0 Å². The molecule has 1 saturated heterocycles. The number of carbonyl (C=O) groups is 1. The molecule has 2 fully saturated rings. The minimum atomic E-state index is -0.924. The predicted octanol–water partition coefficient (Wildman–Crippen LogP) is 2.92. The highest BCUT2D eigenvalue weighted by molar-refractivity contribution is 6.31. The zero-order chi connectivity index (χ0) is 17.5. The first-order chi connectivity index (χ1) is 11.3. The van der Waals surface area contributed by atoms with Gasteiger partial charge >= 0.3 is 0 Å². The molecule has 1 heterocycles. The number of nitrogens with one attached hydrogen (secondary N) is 1. The van der Waals surface area contributed by atoms with E-state index in [4.69, 9.17) is 26.8 Å². The molecule has 0 aromatic heterocycles. The highest BCUT2D eigenvalue weighted by atomic mass is 35.5. The molecule has 140 valence electrons. The van der Waals surface area contributed by atoms with Gasteiger partial charge in [0.25, 0.3) is 0 Å². The van der Waals surface area contributed by atoms with Crippen LogP contribution in [0.3, 0.4) is 0 Å². The van der Waals surface area contributed by atoms with Crippen molar-refractivity contribution in [2.45, 2.75) is 44.9 Å². The first kappa shape index (κ1) is 20.3. The van der Waals surface area contributed by atoms with Gasteiger partial charge in [-0.15, -0.1) is 12.4 Å². The molecule has 1 aliphatic heterocycles. The lowest BCUT2D eigenvalue weighted by molar-refractivity contribution is -0.225. The second kappa shape index (κ2) is 7.31. The number of carbonyl (C=O) groups excluding carboxylic acids is 1. The summed E-state index contributed by atoms with van der Waals surface area (Å²) < 4.78 is 11.2. The Labute approximate surface area is 160 Å². The van der Waals surface area contributed by atoms with E-state index in [1.807, 2.05) is 26.0 Å². The van der Waals surface area contributed by atoms with Crippen LogP contribution in [0, 0.1) is 11.3 Å². The normalized spacial score (nSPS) is 29.6. The van der Waals surface area contributed by atoms with Crippen LogP contribution >= 0.6 is 24.0 Å². The van der Waals surface area contributed by atoms with Crippen molar-refractivity contribution in [1.29, 1.82) is 0 Å². The molecule has 25 heavy (non-hydrogen) atoms. The molecule has 2 aliphatic rings. The Balaban J connectivity index is 0.00000225. The fourth-order valence-electron chi connectivity index (χ4n) is 4.25. The SMILES string of the molecule is COc1cccc(Cl)c1CNC(=O)C1(N)C2CCCOC2C1(C)C.Cl. The number of hydrogen-bond donors (Lipinski definition) is 2. The predicted molar refractivity (Wildman–Crippen MR) is 100 cm³/mol. The van der Waals surface area contributed by atoms with Crippen LogP contribution in [0.5, 0.6) is 5.75 Å². The Morgan fingerprint density at radius 1 is 1.48 bits per heavy atom. The lowest BCUT2D eigenvalue weighted by atomic mass is 9.46. The number of nitrogens with two attached hydrogens (primary N) is 1. The molecule has 3 unspecified atom stereocenters. The number of ether oxygens (including phenoxy) is 2. The zero-order valence-electron chi connectivity index (χ0n) is 14.8. The third-order valence-corrected chi connectivity index (χ3v) is 6.14. The van der Waals surface area contributed by atoms with Gasteiger partial charge in [-0.05, 0) is 25.0 Å². The highest BCUT2D eigenvalue weighted by Crippen LogP contribution is 2.57.